The van der Waals surface area contributed by atoms with E-state index in [1.807, 2.05) is 0 Å². The average Bonchev–Trinajstić information content (AvgIpc) is 2.83. The lowest BCUT2D eigenvalue weighted by molar-refractivity contribution is 0.334. The minimum Gasteiger partial charge on any atom is -0.425 e. The fourth-order valence-electron chi connectivity index (χ4n) is 3.74. The van der Waals surface area contributed by atoms with Crippen molar-refractivity contribution in [1.29, 1.82) is 0 Å². The molecular formula is C14H21N3O. The summed E-state index contributed by atoms with van der Waals surface area (Å²) in [7, 11) is 0. The van der Waals surface area contributed by atoms with Crippen molar-refractivity contribution >= 4 is 0 Å². The van der Waals surface area contributed by atoms with Crippen LogP contribution >= 0.6 is 0 Å². The standard InChI is InChI=1S/C14H21N3O/c1-2-10-7-9(1)8-12(10)14-17-16-13(18-14)5-6-15-11-3-4-11/h9-12,15H,1-8H2. The Hall–Kier alpha value is -0.900. The lowest BCUT2D eigenvalue weighted by Crippen LogP contribution is -2.19. The SMILES string of the molecule is C(Cc1nnc(C2CC3CCC2C3)o1)NC1CC1. The molecule has 0 radical (unpaired) electrons. The number of nitrogens with one attached hydrogen (secondary N) is 1. The highest BCUT2D eigenvalue weighted by Crippen LogP contribution is 2.52. The van der Waals surface area contributed by atoms with E-state index in [9.17, 15) is 0 Å². The summed E-state index contributed by atoms with van der Waals surface area (Å²) >= 11 is 0. The Balaban J connectivity index is 1.36. The number of hydrogen-bond donors (Lipinski definition) is 1. The third kappa shape index (κ3) is 2.07. The van der Waals surface area contributed by atoms with E-state index in [2.05, 4.69) is 15.5 Å². The predicted octanol–water partition coefficient (Wildman–Crippen LogP) is 2.27. The number of rotatable bonds is 5. The van der Waals surface area contributed by atoms with Gasteiger partial charge < -0.3 is 9.73 Å². The van der Waals surface area contributed by atoms with Crippen LogP contribution in [0.25, 0.3) is 0 Å². The maximum Gasteiger partial charge on any atom is 0.219 e. The highest BCUT2D eigenvalue weighted by atomic mass is 16.4. The topological polar surface area (TPSA) is 51.0 Å². The first-order chi connectivity index (χ1) is 8.88. The Morgan fingerprint density at radius 3 is 2.78 bits per heavy atom. The maximum atomic E-state index is 5.86. The molecule has 3 unspecified atom stereocenters. The summed E-state index contributed by atoms with van der Waals surface area (Å²) < 4.78 is 5.86. The molecule has 1 N–H and O–H groups in total. The largest absolute Gasteiger partial charge is 0.425 e. The molecule has 0 amide bonds. The van der Waals surface area contributed by atoms with Gasteiger partial charge in [0.25, 0.3) is 0 Å². The molecule has 2 bridgehead atoms. The quantitative estimate of drug-likeness (QED) is 0.867. The van der Waals surface area contributed by atoms with E-state index < -0.39 is 0 Å². The van der Waals surface area contributed by atoms with E-state index in [4.69, 9.17) is 4.42 Å². The first-order valence-corrected chi connectivity index (χ1v) is 7.44. The van der Waals surface area contributed by atoms with Gasteiger partial charge in [-0.25, -0.2) is 0 Å². The maximum absolute atomic E-state index is 5.86. The molecule has 0 aromatic carbocycles. The van der Waals surface area contributed by atoms with Gasteiger partial charge in [-0.05, 0) is 43.9 Å². The second-order valence-electron chi connectivity index (χ2n) is 6.29. The van der Waals surface area contributed by atoms with Crippen molar-refractivity contribution in [2.24, 2.45) is 11.8 Å². The van der Waals surface area contributed by atoms with E-state index >= 15 is 0 Å². The normalized spacial score (nSPS) is 34.3. The third-order valence-corrected chi connectivity index (χ3v) is 4.89. The van der Waals surface area contributed by atoms with Gasteiger partial charge in [-0.15, -0.1) is 10.2 Å². The molecule has 1 aromatic rings. The van der Waals surface area contributed by atoms with Gasteiger partial charge in [-0.2, -0.15) is 0 Å². The molecule has 3 aliphatic carbocycles. The van der Waals surface area contributed by atoms with Crippen LogP contribution in [-0.2, 0) is 6.42 Å². The third-order valence-electron chi connectivity index (χ3n) is 4.89. The number of fused-ring (bicyclic) bond motifs is 2. The second kappa shape index (κ2) is 4.34. The average molecular weight is 247 g/mol. The summed E-state index contributed by atoms with van der Waals surface area (Å²) in [5.74, 6) is 4.07. The second-order valence-corrected chi connectivity index (χ2v) is 6.29. The molecule has 0 spiro atoms. The van der Waals surface area contributed by atoms with E-state index in [1.54, 1.807) is 0 Å². The Kier molecular flexibility index (Phi) is 2.64. The molecule has 1 heterocycles. The minimum atomic E-state index is 0.571. The van der Waals surface area contributed by atoms with Crippen LogP contribution in [0.5, 0.6) is 0 Å². The Morgan fingerprint density at radius 2 is 2.06 bits per heavy atom. The fraction of sp³-hybridized carbons (Fsp3) is 0.857. The lowest BCUT2D eigenvalue weighted by atomic mass is 9.89. The number of nitrogens with zero attached hydrogens (tertiary/aromatic N) is 2. The zero-order valence-electron chi connectivity index (χ0n) is 10.8. The van der Waals surface area contributed by atoms with Crippen LogP contribution in [0.4, 0.5) is 0 Å². The van der Waals surface area contributed by atoms with Crippen LogP contribution < -0.4 is 5.32 Å². The predicted molar refractivity (Wildman–Crippen MR) is 67.2 cm³/mol. The van der Waals surface area contributed by atoms with Crippen molar-refractivity contribution in [2.75, 3.05) is 6.54 Å². The van der Waals surface area contributed by atoms with Crippen molar-refractivity contribution in [3.05, 3.63) is 11.8 Å². The Labute approximate surface area is 108 Å². The zero-order valence-corrected chi connectivity index (χ0v) is 10.8. The lowest BCUT2D eigenvalue weighted by Gasteiger charge is -2.17. The van der Waals surface area contributed by atoms with E-state index in [0.29, 0.717) is 5.92 Å². The van der Waals surface area contributed by atoms with Gasteiger partial charge >= 0.3 is 0 Å². The molecule has 4 rings (SSSR count). The molecule has 18 heavy (non-hydrogen) atoms. The number of hydrogen-bond acceptors (Lipinski definition) is 4. The summed E-state index contributed by atoms with van der Waals surface area (Å²) in [6.07, 6.45) is 9.02. The van der Waals surface area contributed by atoms with E-state index in [1.165, 1.54) is 38.5 Å². The van der Waals surface area contributed by atoms with Gasteiger partial charge in [0.2, 0.25) is 11.8 Å². The Morgan fingerprint density at radius 1 is 1.11 bits per heavy atom. The van der Waals surface area contributed by atoms with Crippen LogP contribution in [0.15, 0.2) is 4.42 Å². The molecule has 3 saturated carbocycles. The van der Waals surface area contributed by atoms with Gasteiger partial charge in [-0.3, -0.25) is 0 Å². The summed E-state index contributed by atoms with van der Waals surface area (Å²) in [5.41, 5.74) is 0. The Bertz CT molecular complexity index is 426. The molecule has 1 aromatic heterocycles. The molecule has 3 fully saturated rings. The zero-order chi connectivity index (χ0) is 11.9. The van der Waals surface area contributed by atoms with Crippen molar-refractivity contribution < 1.29 is 4.42 Å². The van der Waals surface area contributed by atoms with Crippen molar-refractivity contribution in [1.82, 2.24) is 15.5 Å². The van der Waals surface area contributed by atoms with Gasteiger partial charge in [-0.1, -0.05) is 6.42 Å². The van der Waals surface area contributed by atoms with Crippen molar-refractivity contribution in [3.63, 3.8) is 0 Å². The molecule has 98 valence electrons. The summed E-state index contributed by atoms with van der Waals surface area (Å²) in [6, 6.07) is 0.762. The van der Waals surface area contributed by atoms with Crippen LogP contribution in [0.1, 0.15) is 56.2 Å². The monoisotopic (exact) mass is 247 g/mol. The number of aromatic nitrogens is 2. The summed E-state index contributed by atoms with van der Waals surface area (Å²) in [6.45, 7) is 0.975. The fourth-order valence-corrected chi connectivity index (χ4v) is 3.74. The molecule has 0 aliphatic heterocycles. The summed E-state index contributed by atoms with van der Waals surface area (Å²) in [4.78, 5) is 0. The molecule has 3 aliphatic rings. The van der Waals surface area contributed by atoms with Crippen molar-refractivity contribution in [3.8, 4) is 0 Å². The van der Waals surface area contributed by atoms with Gasteiger partial charge in [0, 0.05) is 24.9 Å². The van der Waals surface area contributed by atoms with Crippen LogP contribution in [0.3, 0.4) is 0 Å². The van der Waals surface area contributed by atoms with Crippen LogP contribution in [0.2, 0.25) is 0 Å². The van der Waals surface area contributed by atoms with Gasteiger partial charge in [0.05, 0.1) is 0 Å². The highest BCUT2D eigenvalue weighted by molar-refractivity contribution is 5.04. The van der Waals surface area contributed by atoms with Gasteiger partial charge in [0.1, 0.15) is 0 Å². The first-order valence-electron chi connectivity index (χ1n) is 7.44. The first kappa shape index (κ1) is 11.0. The minimum absolute atomic E-state index is 0.571. The highest BCUT2D eigenvalue weighted by Gasteiger charge is 2.42. The summed E-state index contributed by atoms with van der Waals surface area (Å²) in [5, 5.41) is 12.0. The van der Waals surface area contributed by atoms with Crippen molar-refractivity contribution in [2.45, 2.75) is 56.9 Å². The molecule has 3 atom stereocenters. The van der Waals surface area contributed by atoms with Gasteiger partial charge in [0.15, 0.2) is 0 Å². The van der Waals surface area contributed by atoms with E-state index in [-0.39, 0.29) is 0 Å². The molecule has 4 heteroatoms. The van der Waals surface area contributed by atoms with Crippen LogP contribution in [-0.4, -0.2) is 22.8 Å². The molecular weight excluding hydrogens is 226 g/mol. The van der Waals surface area contributed by atoms with Crippen LogP contribution in [0, 0.1) is 11.8 Å². The smallest absolute Gasteiger partial charge is 0.219 e. The molecule has 0 saturated heterocycles. The van der Waals surface area contributed by atoms with E-state index in [0.717, 1.165) is 42.6 Å². The molecule has 4 nitrogen and oxygen atoms in total.